The van der Waals surface area contributed by atoms with E-state index in [-0.39, 0.29) is 6.79 Å². The predicted molar refractivity (Wildman–Crippen MR) is 147 cm³/mol. The van der Waals surface area contributed by atoms with E-state index in [1.54, 1.807) is 6.33 Å². The highest BCUT2D eigenvalue weighted by Crippen LogP contribution is 2.44. The predicted octanol–water partition coefficient (Wildman–Crippen LogP) is 4.87. The molecule has 0 saturated carbocycles. The first-order valence-electron chi connectivity index (χ1n) is 13.9. The van der Waals surface area contributed by atoms with E-state index in [2.05, 4.69) is 38.6 Å². The minimum Gasteiger partial charge on any atom is -0.490 e. The number of nitrogens with one attached hydrogen (secondary N) is 2. The Labute approximate surface area is 223 Å². The van der Waals surface area contributed by atoms with Crippen LogP contribution in [0.15, 0.2) is 30.6 Å². The number of piperidine rings is 1. The molecule has 9 nitrogen and oxygen atoms in total. The van der Waals surface area contributed by atoms with E-state index in [1.807, 2.05) is 18.2 Å². The number of hydrogen-bond acceptors (Lipinski definition) is 9. The molecule has 6 rings (SSSR count). The number of anilines is 2. The van der Waals surface area contributed by atoms with Crippen molar-refractivity contribution in [3.05, 3.63) is 36.2 Å². The van der Waals surface area contributed by atoms with Crippen LogP contribution in [-0.4, -0.2) is 61.6 Å². The number of hydrogen-bond donors (Lipinski definition) is 2. The molecule has 2 bridgehead atoms. The molecule has 1 saturated heterocycles. The van der Waals surface area contributed by atoms with Gasteiger partial charge in [0.05, 0.1) is 24.4 Å². The highest BCUT2D eigenvalue weighted by atomic mass is 16.7. The van der Waals surface area contributed by atoms with Gasteiger partial charge in [0.1, 0.15) is 12.1 Å². The Morgan fingerprint density at radius 2 is 1.95 bits per heavy atom. The molecule has 4 heterocycles. The standard InChI is InChI=1S/C29H37N5O4/c1-34-12-3-2-4-13-35-25-15-22-23(16-26(25)36-14-9-20-7-10-30-11-8-20)31-18-32-29(22)33-27-21(17-34)5-6-24-28(27)38-19-37-24/h5-6,15-16,18,20,30H,2-4,7-14,17,19H2,1H3,(H,31,32,33). The van der Waals surface area contributed by atoms with Crippen LogP contribution in [0.3, 0.4) is 0 Å². The van der Waals surface area contributed by atoms with Crippen molar-refractivity contribution in [1.82, 2.24) is 20.2 Å². The van der Waals surface area contributed by atoms with E-state index in [4.69, 9.17) is 18.9 Å². The Hall–Kier alpha value is -3.30. The van der Waals surface area contributed by atoms with E-state index in [9.17, 15) is 0 Å². The van der Waals surface area contributed by atoms with Crippen molar-refractivity contribution in [2.45, 2.75) is 45.1 Å². The molecule has 1 aromatic heterocycles. The molecular weight excluding hydrogens is 482 g/mol. The van der Waals surface area contributed by atoms with Gasteiger partial charge in [-0.2, -0.15) is 0 Å². The Morgan fingerprint density at radius 3 is 2.87 bits per heavy atom. The van der Waals surface area contributed by atoms with Gasteiger partial charge in [0.2, 0.25) is 6.79 Å². The third-order valence-electron chi connectivity index (χ3n) is 7.69. The molecule has 0 unspecified atom stereocenters. The minimum absolute atomic E-state index is 0.212. The average molecular weight is 520 g/mol. The molecule has 202 valence electrons. The van der Waals surface area contributed by atoms with Gasteiger partial charge in [0.15, 0.2) is 23.0 Å². The van der Waals surface area contributed by atoms with Crippen molar-refractivity contribution in [1.29, 1.82) is 0 Å². The fraction of sp³-hybridized carbons (Fsp3) is 0.517. The Bertz CT molecular complexity index is 1260. The SMILES string of the molecule is CN1CCCCCOc2cc3c(ncnc3cc2OCCC2CCNCC2)Nc2c(ccc3c2OCO3)C1. The summed E-state index contributed by atoms with van der Waals surface area (Å²) in [5.74, 6) is 4.36. The maximum Gasteiger partial charge on any atom is 0.231 e. The summed E-state index contributed by atoms with van der Waals surface area (Å²) in [7, 11) is 2.16. The minimum atomic E-state index is 0.212. The van der Waals surface area contributed by atoms with Crippen LogP contribution in [0.2, 0.25) is 0 Å². The zero-order valence-corrected chi connectivity index (χ0v) is 22.1. The molecule has 1 fully saturated rings. The summed E-state index contributed by atoms with van der Waals surface area (Å²) in [4.78, 5) is 11.5. The molecule has 2 aromatic carbocycles. The molecule has 9 heteroatoms. The summed E-state index contributed by atoms with van der Waals surface area (Å²) in [6, 6.07) is 8.10. The summed E-state index contributed by atoms with van der Waals surface area (Å²) in [5, 5.41) is 7.88. The zero-order chi connectivity index (χ0) is 25.7. The number of nitrogens with zero attached hydrogens (tertiary/aromatic N) is 3. The van der Waals surface area contributed by atoms with Gasteiger partial charge in [0.25, 0.3) is 0 Å². The maximum absolute atomic E-state index is 6.32. The van der Waals surface area contributed by atoms with E-state index < -0.39 is 0 Å². The third-order valence-corrected chi connectivity index (χ3v) is 7.69. The number of ether oxygens (including phenoxy) is 4. The van der Waals surface area contributed by atoms with Crippen molar-refractivity contribution in [3.8, 4) is 23.0 Å². The van der Waals surface area contributed by atoms with Crippen LogP contribution in [-0.2, 0) is 6.54 Å². The molecular formula is C29H37N5O4. The highest BCUT2D eigenvalue weighted by Gasteiger charge is 2.23. The average Bonchev–Trinajstić information content (AvgIpc) is 3.41. The van der Waals surface area contributed by atoms with E-state index in [1.165, 1.54) is 12.8 Å². The van der Waals surface area contributed by atoms with Gasteiger partial charge in [-0.3, -0.25) is 0 Å². The van der Waals surface area contributed by atoms with Crippen molar-refractivity contribution in [2.24, 2.45) is 5.92 Å². The Kier molecular flexibility index (Phi) is 7.64. The molecule has 0 radical (unpaired) electrons. The lowest BCUT2D eigenvalue weighted by Gasteiger charge is -2.23. The van der Waals surface area contributed by atoms with Gasteiger partial charge in [0, 0.05) is 18.0 Å². The molecule has 0 atom stereocenters. The van der Waals surface area contributed by atoms with Gasteiger partial charge >= 0.3 is 0 Å². The molecule has 0 amide bonds. The number of aromatic nitrogens is 2. The van der Waals surface area contributed by atoms with E-state index >= 15 is 0 Å². The number of benzene rings is 2. The summed E-state index contributed by atoms with van der Waals surface area (Å²) < 4.78 is 24.2. The lowest BCUT2D eigenvalue weighted by atomic mass is 9.95. The maximum atomic E-state index is 6.32. The van der Waals surface area contributed by atoms with Gasteiger partial charge in [-0.1, -0.05) is 6.07 Å². The molecule has 3 aliphatic rings. The first-order valence-corrected chi connectivity index (χ1v) is 13.9. The normalized spacial score (nSPS) is 18.8. The molecule has 0 aliphatic carbocycles. The van der Waals surface area contributed by atoms with Gasteiger partial charge < -0.3 is 34.5 Å². The smallest absolute Gasteiger partial charge is 0.231 e. The fourth-order valence-electron chi connectivity index (χ4n) is 5.51. The zero-order valence-electron chi connectivity index (χ0n) is 22.1. The largest absolute Gasteiger partial charge is 0.490 e. The van der Waals surface area contributed by atoms with Crippen molar-refractivity contribution < 1.29 is 18.9 Å². The van der Waals surface area contributed by atoms with Crippen LogP contribution in [0, 0.1) is 5.92 Å². The summed E-state index contributed by atoms with van der Waals surface area (Å²) in [6.07, 6.45) is 8.26. The number of fused-ring (bicyclic) bond motifs is 4. The molecule has 38 heavy (non-hydrogen) atoms. The molecule has 2 N–H and O–H groups in total. The number of rotatable bonds is 4. The van der Waals surface area contributed by atoms with Crippen LogP contribution in [0.4, 0.5) is 11.5 Å². The van der Waals surface area contributed by atoms with Crippen molar-refractivity contribution in [2.75, 3.05) is 52.0 Å². The van der Waals surface area contributed by atoms with Crippen LogP contribution in [0.1, 0.15) is 44.1 Å². The Morgan fingerprint density at radius 1 is 1.03 bits per heavy atom. The molecule has 0 spiro atoms. The summed E-state index contributed by atoms with van der Waals surface area (Å²) in [5.41, 5.74) is 2.82. The second kappa shape index (κ2) is 11.6. The molecule has 3 aromatic rings. The van der Waals surface area contributed by atoms with Gasteiger partial charge in [-0.25, -0.2) is 9.97 Å². The van der Waals surface area contributed by atoms with Crippen molar-refractivity contribution in [3.63, 3.8) is 0 Å². The second-order valence-corrected chi connectivity index (χ2v) is 10.5. The lowest BCUT2D eigenvalue weighted by Crippen LogP contribution is -2.28. The van der Waals surface area contributed by atoms with Crippen LogP contribution < -0.4 is 29.6 Å². The lowest BCUT2D eigenvalue weighted by molar-refractivity contribution is 0.174. The summed E-state index contributed by atoms with van der Waals surface area (Å²) >= 11 is 0. The quantitative estimate of drug-likeness (QED) is 0.501. The monoisotopic (exact) mass is 519 g/mol. The second-order valence-electron chi connectivity index (χ2n) is 10.5. The summed E-state index contributed by atoms with van der Waals surface area (Å²) in [6.45, 7) is 5.52. The van der Waals surface area contributed by atoms with Crippen LogP contribution >= 0.6 is 0 Å². The Balaban J connectivity index is 1.34. The van der Waals surface area contributed by atoms with E-state index in [0.29, 0.717) is 24.9 Å². The first kappa shape index (κ1) is 25.0. The van der Waals surface area contributed by atoms with Gasteiger partial charge in [-0.05, 0) is 88.8 Å². The first-order chi connectivity index (χ1) is 18.7. The van der Waals surface area contributed by atoms with Crippen LogP contribution in [0.5, 0.6) is 23.0 Å². The van der Waals surface area contributed by atoms with Crippen LogP contribution in [0.25, 0.3) is 10.9 Å². The van der Waals surface area contributed by atoms with Crippen molar-refractivity contribution >= 4 is 22.4 Å². The highest BCUT2D eigenvalue weighted by molar-refractivity contribution is 5.94. The fourth-order valence-corrected chi connectivity index (χ4v) is 5.51. The molecule has 3 aliphatic heterocycles. The topological polar surface area (TPSA) is 90.0 Å². The third kappa shape index (κ3) is 5.59. The van der Waals surface area contributed by atoms with Gasteiger partial charge in [-0.15, -0.1) is 0 Å². The van der Waals surface area contributed by atoms with E-state index in [0.717, 1.165) is 97.0 Å².